The van der Waals surface area contributed by atoms with Crippen LogP contribution in [0, 0.1) is 11.8 Å². The molecule has 1 saturated heterocycles. The predicted octanol–water partition coefficient (Wildman–Crippen LogP) is 5.73. The maximum absolute atomic E-state index is 13.5. The third-order valence-electron chi connectivity index (χ3n) is 6.68. The smallest absolute Gasteiger partial charge is 0.223 e. The summed E-state index contributed by atoms with van der Waals surface area (Å²) < 4.78 is 11.0. The molecule has 3 rings (SSSR count). The number of ether oxygens (including phenoxy) is 2. The number of nitrogens with zero attached hydrogens (tertiary/aromatic N) is 1. The van der Waals surface area contributed by atoms with Gasteiger partial charge >= 0.3 is 0 Å². The molecule has 1 aliphatic rings. The first-order valence-electron chi connectivity index (χ1n) is 11.9. The molecule has 2 aromatic rings. The molecular weight excluding hydrogens is 414 g/mol. The van der Waals surface area contributed by atoms with E-state index in [4.69, 9.17) is 9.47 Å². The molecule has 0 saturated carbocycles. The molecule has 3 atom stereocenters. The summed E-state index contributed by atoms with van der Waals surface area (Å²) in [6, 6.07) is 11.7. The van der Waals surface area contributed by atoms with Crippen LogP contribution in [0.4, 0.5) is 0 Å². The Balaban J connectivity index is 2.03. The van der Waals surface area contributed by atoms with Gasteiger partial charge in [-0.15, -0.1) is 0 Å². The van der Waals surface area contributed by atoms with Crippen LogP contribution in [0.5, 0.6) is 17.2 Å². The fraction of sp³-hybridized carbons (Fsp3) is 0.536. The van der Waals surface area contributed by atoms with Crippen LogP contribution in [0.1, 0.15) is 70.1 Å². The van der Waals surface area contributed by atoms with Crippen molar-refractivity contribution in [2.45, 2.75) is 58.8 Å². The molecule has 0 aliphatic carbocycles. The van der Waals surface area contributed by atoms with Gasteiger partial charge in [-0.05, 0) is 34.8 Å². The van der Waals surface area contributed by atoms with Crippen LogP contribution in [-0.4, -0.2) is 43.2 Å². The van der Waals surface area contributed by atoms with Crippen LogP contribution in [-0.2, 0) is 10.2 Å². The van der Waals surface area contributed by atoms with E-state index in [0.29, 0.717) is 28.9 Å². The third-order valence-corrected chi connectivity index (χ3v) is 6.68. The molecular formula is C28H39NO4. The van der Waals surface area contributed by atoms with Crippen molar-refractivity contribution < 1.29 is 19.4 Å². The Morgan fingerprint density at radius 2 is 1.67 bits per heavy atom. The molecule has 1 N–H and O–H groups in total. The molecule has 2 aromatic carbocycles. The summed E-state index contributed by atoms with van der Waals surface area (Å²) in [7, 11) is 3.13. The van der Waals surface area contributed by atoms with E-state index >= 15 is 0 Å². The van der Waals surface area contributed by atoms with Crippen LogP contribution in [0.3, 0.4) is 0 Å². The molecule has 180 valence electrons. The fourth-order valence-electron chi connectivity index (χ4n) is 5.00. The number of phenolic OH excluding ortho intramolecular Hbond substituents is 1. The summed E-state index contributed by atoms with van der Waals surface area (Å²) in [6.45, 7) is 12.5. The van der Waals surface area contributed by atoms with Crippen molar-refractivity contribution in [3.8, 4) is 17.2 Å². The molecule has 1 heterocycles. The van der Waals surface area contributed by atoms with Gasteiger partial charge in [-0.3, -0.25) is 4.79 Å². The average molecular weight is 454 g/mol. The summed E-state index contributed by atoms with van der Waals surface area (Å²) >= 11 is 0. The minimum absolute atomic E-state index is 0.0316. The standard InChI is InChI=1S/C28H39NO4/c1-18-12-19(2)17-29(16-18)26(31)15-23(20-8-10-21(11-9-20)28(3,4)5)27-24(30)13-22(32-6)14-25(27)33-7/h8-11,13-14,18-19,23,30H,12,15-17H2,1-7H3. The summed E-state index contributed by atoms with van der Waals surface area (Å²) in [5.74, 6) is 1.86. The maximum Gasteiger partial charge on any atom is 0.223 e. The van der Waals surface area contributed by atoms with E-state index in [9.17, 15) is 9.90 Å². The number of rotatable bonds is 6. The van der Waals surface area contributed by atoms with E-state index in [1.165, 1.54) is 5.56 Å². The van der Waals surface area contributed by atoms with Gasteiger partial charge in [-0.1, -0.05) is 58.9 Å². The van der Waals surface area contributed by atoms with E-state index in [0.717, 1.165) is 25.1 Å². The highest BCUT2D eigenvalue weighted by Gasteiger charge is 2.31. The van der Waals surface area contributed by atoms with E-state index in [-0.39, 0.29) is 29.4 Å². The van der Waals surface area contributed by atoms with Gasteiger partial charge in [0.2, 0.25) is 5.91 Å². The van der Waals surface area contributed by atoms with Gasteiger partial charge in [0.25, 0.3) is 0 Å². The van der Waals surface area contributed by atoms with Gasteiger partial charge in [0.05, 0.1) is 14.2 Å². The van der Waals surface area contributed by atoms with Gasteiger partial charge in [-0.2, -0.15) is 0 Å². The Bertz CT molecular complexity index is 951. The third kappa shape index (κ3) is 5.82. The molecule has 3 unspecified atom stereocenters. The first-order valence-corrected chi connectivity index (χ1v) is 11.9. The lowest BCUT2D eigenvalue weighted by atomic mass is 9.82. The van der Waals surface area contributed by atoms with Crippen molar-refractivity contribution in [1.82, 2.24) is 4.90 Å². The topological polar surface area (TPSA) is 59.0 Å². The quantitative estimate of drug-likeness (QED) is 0.606. The minimum atomic E-state index is -0.333. The molecule has 0 spiro atoms. The zero-order valence-corrected chi connectivity index (χ0v) is 21.1. The van der Waals surface area contributed by atoms with Gasteiger partial charge in [0, 0.05) is 43.1 Å². The second kappa shape index (κ2) is 10.1. The SMILES string of the molecule is COc1cc(O)c(C(CC(=O)N2CC(C)CC(C)C2)c2ccc(C(C)(C)C)cc2)c(OC)c1. The second-order valence-corrected chi connectivity index (χ2v) is 10.6. The van der Waals surface area contributed by atoms with Crippen LogP contribution < -0.4 is 9.47 Å². The lowest BCUT2D eigenvalue weighted by Gasteiger charge is -2.36. The maximum atomic E-state index is 13.5. The van der Waals surface area contributed by atoms with Gasteiger partial charge < -0.3 is 19.5 Å². The van der Waals surface area contributed by atoms with Crippen molar-refractivity contribution in [2.24, 2.45) is 11.8 Å². The lowest BCUT2D eigenvalue weighted by molar-refractivity contribution is -0.134. The summed E-state index contributed by atoms with van der Waals surface area (Å²) in [5, 5.41) is 11.0. The fourth-order valence-corrected chi connectivity index (χ4v) is 5.00. The zero-order valence-electron chi connectivity index (χ0n) is 21.1. The number of methoxy groups -OCH3 is 2. The van der Waals surface area contributed by atoms with Crippen LogP contribution in [0.25, 0.3) is 0 Å². The Hall–Kier alpha value is -2.69. The van der Waals surface area contributed by atoms with Crippen LogP contribution in [0.2, 0.25) is 0 Å². The Morgan fingerprint density at radius 3 is 2.18 bits per heavy atom. The highest BCUT2D eigenvalue weighted by molar-refractivity contribution is 5.78. The van der Waals surface area contributed by atoms with Gasteiger partial charge in [0.15, 0.2) is 0 Å². The largest absolute Gasteiger partial charge is 0.507 e. The number of carbonyl (C=O) groups excluding carboxylic acids is 1. The number of benzene rings is 2. The Morgan fingerprint density at radius 1 is 1.06 bits per heavy atom. The summed E-state index contributed by atoms with van der Waals surface area (Å²) in [5.41, 5.74) is 2.85. The molecule has 5 heteroatoms. The van der Waals surface area contributed by atoms with E-state index in [2.05, 4.69) is 58.9 Å². The van der Waals surface area contributed by atoms with Crippen molar-refractivity contribution in [2.75, 3.05) is 27.3 Å². The number of carbonyl (C=O) groups is 1. The zero-order chi connectivity index (χ0) is 24.3. The van der Waals surface area contributed by atoms with E-state index in [1.807, 2.05) is 4.90 Å². The Kier molecular flexibility index (Phi) is 7.61. The lowest BCUT2D eigenvalue weighted by Crippen LogP contribution is -2.43. The molecule has 1 aliphatic heterocycles. The summed E-state index contributed by atoms with van der Waals surface area (Å²) in [4.78, 5) is 15.5. The normalized spacial score (nSPS) is 19.8. The number of likely N-dealkylation sites (tertiary alicyclic amines) is 1. The Labute approximate surface area is 198 Å². The average Bonchev–Trinajstić information content (AvgIpc) is 2.76. The monoisotopic (exact) mass is 453 g/mol. The highest BCUT2D eigenvalue weighted by Crippen LogP contribution is 2.43. The van der Waals surface area contributed by atoms with Gasteiger partial charge in [-0.25, -0.2) is 0 Å². The van der Waals surface area contributed by atoms with Crippen molar-refractivity contribution in [3.05, 3.63) is 53.1 Å². The number of piperidine rings is 1. The first kappa shape index (κ1) is 24.9. The summed E-state index contributed by atoms with van der Waals surface area (Å²) in [6.07, 6.45) is 1.42. The first-order chi connectivity index (χ1) is 15.5. The predicted molar refractivity (Wildman–Crippen MR) is 132 cm³/mol. The highest BCUT2D eigenvalue weighted by atomic mass is 16.5. The minimum Gasteiger partial charge on any atom is -0.507 e. The molecule has 0 aromatic heterocycles. The number of hydrogen-bond acceptors (Lipinski definition) is 4. The van der Waals surface area contributed by atoms with E-state index < -0.39 is 0 Å². The molecule has 1 fully saturated rings. The molecule has 1 amide bonds. The molecule has 0 bridgehead atoms. The van der Waals surface area contributed by atoms with Gasteiger partial charge in [0.1, 0.15) is 17.2 Å². The second-order valence-electron chi connectivity index (χ2n) is 10.6. The molecule has 0 radical (unpaired) electrons. The van der Waals surface area contributed by atoms with Crippen molar-refractivity contribution in [1.29, 1.82) is 0 Å². The number of aromatic hydroxyl groups is 1. The van der Waals surface area contributed by atoms with Crippen LogP contribution >= 0.6 is 0 Å². The number of phenols is 1. The van der Waals surface area contributed by atoms with Crippen LogP contribution in [0.15, 0.2) is 36.4 Å². The van der Waals surface area contributed by atoms with Crippen molar-refractivity contribution >= 4 is 5.91 Å². The van der Waals surface area contributed by atoms with Crippen molar-refractivity contribution in [3.63, 3.8) is 0 Å². The number of hydrogen-bond donors (Lipinski definition) is 1. The molecule has 5 nitrogen and oxygen atoms in total. The molecule has 33 heavy (non-hydrogen) atoms. The number of amides is 1. The van der Waals surface area contributed by atoms with E-state index in [1.54, 1.807) is 26.4 Å².